The van der Waals surface area contributed by atoms with Gasteiger partial charge in [-0.15, -0.1) is 5.10 Å². The summed E-state index contributed by atoms with van der Waals surface area (Å²) in [5.41, 5.74) is 1.27. The van der Waals surface area contributed by atoms with Gasteiger partial charge in [0.1, 0.15) is 12.6 Å². The number of fused-ring (bicyclic) bond motifs is 1. The molecule has 0 saturated carbocycles. The molecule has 28 heavy (non-hydrogen) atoms. The average molecular weight is 379 g/mol. The Morgan fingerprint density at radius 2 is 1.93 bits per heavy atom. The Hall–Kier alpha value is -3.29. The summed E-state index contributed by atoms with van der Waals surface area (Å²) in [4.78, 5) is 31.2. The lowest BCUT2D eigenvalue weighted by Gasteiger charge is -2.32. The van der Waals surface area contributed by atoms with E-state index in [-0.39, 0.29) is 24.1 Å². The van der Waals surface area contributed by atoms with Crippen molar-refractivity contribution in [2.45, 2.75) is 32.4 Å². The van der Waals surface area contributed by atoms with Gasteiger partial charge >= 0.3 is 0 Å². The number of carbonyl (C=O) groups excluding carboxylic acids is 1. The predicted molar refractivity (Wildman–Crippen MR) is 103 cm³/mol. The second-order valence-electron chi connectivity index (χ2n) is 6.91. The van der Waals surface area contributed by atoms with Crippen molar-refractivity contribution in [3.8, 4) is 5.88 Å². The molecule has 1 aliphatic heterocycles. The molecular formula is C20H21N5O3. The van der Waals surface area contributed by atoms with E-state index in [1.54, 1.807) is 29.2 Å². The number of carbonyl (C=O) groups is 1. The van der Waals surface area contributed by atoms with Gasteiger partial charge in [-0.2, -0.15) is 5.10 Å². The minimum atomic E-state index is -0.199. The van der Waals surface area contributed by atoms with Gasteiger partial charge in [0.25, 0.3) is 5.56 Å². The number of aryl methyl sites for hydroxylation is 1. The average Bonchev–Trinajstić information content (AvgIpc) is 2.72. The van der Waals surface area contributed by atoms with Crippen LogP contribution in [0.3, 0.4) is 0 Å². The summed E-state index contributed by atoms with van der Waals surface area (Å²) in [5, 5.41) is 8.52. The highest BCUT2D eigenvalue weighted by molar-refractivity contribution is 5.79. The maximum Gasteiger partial charge on any atom is 0.261 e. The smallest absolute Gasteiger partial charge is 0.261 e. The first-order valence-corrected chi connectivity index (χ1v) is 9.29. The SMILES string of the molecule is Cc1ccc(OC2CCN(C(=O)Cn3cnc4ccccc4c3=O)CC2)nn1. The maximum absolute atomic E-state index is 12.6. The van der Waals surface area contributed by atoms with E-state index in [0.29, 0.717) is 42.7 Å². The number of piperidine rings is 1. The lowest BCUT2D eigenvalue weighted by Crippen LogP contribution is -2.44. The molecule has 3 aromatic rings. The lowest BCUT2D eigenvalue weighted by atomic mass is 10.1. The minimum Gasteiger partial charge on any atom is -0.473 e. The number of para-hydroxylation sites is 1. The van der Waals surface area contributed by atoms with Crippen LogP contribution in [0.4, 0.5) is 0 Å². The van der Waals surface area contributed by atoms with Gasteiger partial charge in [0, 0.05) is 32.0 Å². The minimum absolute atomic E-state index is 0.00566. The maximum atomic E-state index is 12.6. The van der Waals surface area contributed by atoms with Crippen LogP contribution in [0.15, 0.2) is 47.5 Å². The number of hydrogen-bond acceptors (Lipinski definition) is 6. The van der Waals surface area contributed by atoms with Gasteiger partial charge in [0.05, 0.1) is 22.9 Å². The van der Waals surface area contributed by atoms with Crippen molar-refractivity contribution in [1.82, 2.24) is 24.6 Å². The molecule has 0 N–H and O–H groups in total. The number of aromatic nitrogens is 4. The highest BCUT2D eigenvalue weighted by atomic mass is 16.5. The Bertz CT molecular complexity index is 1040. The summed E-state index contributed by atoms with van der Waals surface area (Å²) in [7, 11) is 0. The Morgan fingerprint density at radius 3 is 2.68 bits per heavy atom. The first-order valence-electron chi connectivity index (χ1n) is 9.29. The Morgan fingerprint density at radius 1 is 1.14 bits per heavy atom. The zero-order chi connectivity index (χ0) is 19.5. The quantitative estimate of drug-likeness (QED) is 0.683. The fourth-order valence-corrected chi connectivity index (χ4v) is 3.31. The van der Waals surface area contributed by atoms with E-state index in [4.69, 9.17) is 4.74 Å². The fourth-order valence-electron chi connectivity index (χ4n) is 3.31. The third-order valence-corrected chi connectivity index (χ3v) is 4.89. The molecule has 3 heterocycles. The number of likely N-dealkylation sites (tertiary alicyclic amines) is 1. The first-order chi connectivity index (χ1) is 13.6. The third-order valence-electron chi connectivity index (χ3n) is 4.89. The summed E-state index contributed by atoms with van der Waals surface area (Å²) in [6.45, 7) is 3.03. The molecule has 1 fully saturated rings. The normalized spacial score (nSPS) is 15.0. The summed E-state index contributed by atoms with van der Waals surface area (Å²) in [6.07, 6.45) is 2.87. The molecular weight excluding hydrogens is 358 g/mol. The molecule has 0 unspecified atom stereocenters. The van der Waals surface area contributed by atoms with Crippen LogP contribution in [-0.4, -0.2) is 49.7 Å². The molecule has 8 nitrogen and oxygen atoms in total. The number of rotatable bonds is 4. The first kappa shape index (κ1) is 18.1. The number of benzene rings is 1. The van der Waals surface area contributed by atoms with E-state index in [2.05, 4.69) is 15.2 Å². The Kier molecular flexibility index (Phi) is 5.01. The molecule has 1 aromatic carbocycles. The fraction of sp³-hybridized carbons (Fsp3) is 0.350. The molecule has 0 spiro atoms. The van der Waals surface area contributed by atoms with Crippen molar-refractivity contribution in [2.75, 3.05) is 13.1 Å². The van der Waals surface area contributed by atoms with Gasteiger partial charge in [-0.1, -0.05) is 12.1 Å². The zero-order valence-electron chi connectivity index (χ0n) is 15.6. The molecule has 1 aliphatic rings. The van der Waals surface area contributed by atoms with Crippen LogP contribution in [0.25, 0.3) is 10.9 Å². The molecule has 0 atom stereocenters. The van der Waals surface area contributed by atoms with E-state index in [9.17, 15) is 9.59 Å². The number of ether oxygens (including phenoxy) is 1. The lowest BCUT2D eigenvalue weighted by molar-refractivity contribution is -0.133. The van der Waals surface area contributed by atoms with E-state index >= 15 is 0 Å². The Labute approximate surface area is 161 Å². The molecule has 2 aromatic heterocycles. The topological polar surface area (TPSA) is 90.2 Å². The van der Waals surface area contributed by atoms with Gasteiger partial charge in [0.15, 0.2) is 0 Å². The van der Waals surface area contributed by atoms with Crippen molar-refractivity contribution < 1.29 is 9.53 Å². The van der Waals surface area contributed by atoms with Crippen molar-refractivity contribution in [2.24, 2.45) is 0 Å². The number of amides is 1. The molecule has 4 rings (SSSR count). The molecule has 1 saturated heterocycles. The van der Waals surface area contributed by atoms with Gasteiger partial charge in [-0.3, -0.25) is 14.2 Å². The van der Waals surface area contributed by atoms with Crippen LogP contribution >= 0.6 is 0 Å². The van der Waals surface area contributed by atoms with E-state index in [1.165, 1.54) is 10.9 Å². The molecule has 0 bridgehead atoms. The van der Waals surface area contributed by atoms with E-state index in [0.717, 1.165) is 5.69 Å². The van der Waals surface area contributed by atoms with Crippen molar-refractivity contribution >= 4 is 16.8 Å². The molecule has 1 amide bonds. The summed E-state index contributed by atoms with van der Waals surface area (Å²) in [6, 6.07) is 10.8. The van der Waals surface area contributed by atoms with E-state index < -0.39 is 0 Å². The van der Waals surface area contributed by atoms with Gasteiger partial charge in [0.2, 0.25) is 11.8 Å². The molecule has 8 heteroatoms. The number of hydrogen-bond donors (Lipinski definition) is 0. The third kappa shape index (κ3) is 3.85. The second-order valence-corrected chi connectivity index (χ2v) is 6.91. The summed E-state index contributed by atoms with van der Waals surface area (Å²) < 4.78 is 7.22. The monoisotopic (exact) mass is 379 g/mol. The molecule has 144 valence electrons. The van der Waals surface area contributed by atoms with Crippen molar-refractivity contribution in [3.63, 3.8) is 0 Å². The van der Waals surface area contributed by atoms with Crippen LogP contribution < -0.4 is 10.3 Å². The van der Waals surface area contributed by atoms with Crippen LogP contribution in [0.1, 0.15) is 18.5 Å². The van der Waals surface area contributed by atoms with Crippen LogP contribution in [0.2, 0.25) is 0 Å². The van der Waals surface area contributed by atoms with Crippen LogP contribution in [-0.2, 0) is 11.3 Å². The van der Waals surface area contributed by atoms with E-state index in [1.807, 2.05) is 19.1 Å². The summed E-state index contributed by atoms with van der Waals surface area (Å²) >= 11 is 0. The highest BCUT2D eigenvalue weighted by Gasteiger charge is 2.24. The molecule has 0 aliphatic carbocycles. The van der Waals surface area contributed by atoms with Crippen molar-refractivity contribution in [3.05, 3.63) is 58.8 Å². The Balaban J connectivity index is 1.36. The van der Waals surface area contributed by atoms with Crippen LogP contribution in [0.5, 0.6) is 5.88 Å². The van der Waals surface area contributed by atoms with Gasteiger partial charge in [-0.05, 0) is 25.1 Å². The standard InChI is InChI=1S/C20H21N5O3/c1-14-6-7-18(23-22-14)28-15-8-10-24(11-9-15)19(26)12-25-13-21-17-5-3-2-4-16(17)20(25)27/h2-7,13,15H,8-12H2,1H3. The second kappa shape index (κ2) is 7.75. The highest BCUT2D eigenvalue weighted by Crippen LogP contribution is 2.17. The molecule has 0 radical (unpaired) electrons. The predicted octanol–water partition coefficient (Wildman–Crippen LogP) is 1.56. The van der Waals surface area contributed by atoms with Crippen molar-refractivity contribution in [1.29, 1.82) is 0 Å². The zero-order valence-corrected chi connectivity index (χ0v) is 15.6. The van der Waals surface area contributed by atoms with Gasteiger partial charge < -0.3 is 9.64 Å². The number of nitrogens with zero attached hydrogens (tertiary/aromatic N) is 5. The largest absolute Gasteiger partial charge is 0.473 e. The van der Waals surface area contributed by atoms with Crippen LogP contribution in [0, 0.1) is 6.92 Å². The summed E-state index contributed by atoms with van der Waals surface area (Å²) in [5.74, 6) is 0.414. The van der Waals surface area contributed by atoms with Gasteiger partial charge in [-0.25, -0.2) is 4.98 Å².